The molecule has 0 bridgehead atoms. The number of benzene rings is 1. The van der Waals surface area contributed by atoms with Gasteiger partial charge < -0.3 is 10.0 Å². The summed E-state index contributed by atoms with van der Waals surface area (Å²) in [5.74, 6) is 0. The highest BCUT2D eigenvalue weighted by molar-refractivity contribution is 6.31. The van der Waals surface area contributed by atoms with Crippen LogP contribution in [0.25, 0.3) is 0 Å². The Balaban J connectivity index is 2.79. The lowest BCUT2D eigenvalue weighted by molar-refractivity contribution is 0.282. The standard InChI is InChI=1S/C11H13ClN2O/c1-14(6-2-5-13)10-4-3-9(8-15)11(12)7-10/h3-4,7,15H,2,6,8H2,1H3. The predicted molar refractivity (Wildman–Crippen MR) is 60.9 cm³/mol. The molecule has 4 heteroatoms. The molecule has 1 aromatic rings. The first-order valence-electron chi connectivity index (χ1n) is 4.66. The van der Waals surface area contributed by atoms with Gasteiger partial charge in [-0.2, -0.15) is 5.26 Å². The number of nitrogens with zero attached hydrogens (tertiary/aromatic N) is 2. The summed E-state index contributed by atoms with van der Waals surface area (Å²) < 4.78 is 0. The summed E-state index contributed by atoms with van der Waals surface area (Å²) in [5.41, 5.74) is 1.67. The fourth-order valence-electron chi connectivity index (χ4n) is 1.25. The maximum absolute atomic E-state index is 8.95. The average Bonchev–Trinajstić information content (AvgIpc) is 2.25. The van der Waals surface area contributed by atoms with Gasteiger partial charge in [-0.15, -0.1) is 0 Å². The number of rotatable bonds is 4. The van der Waals surface area contributed by atoms with Crippen molar-refractivity contribution >= 4 is 17.3 Å². The third-order valence-electron chi connectivity index (χ3n) is 2.21. The molecule has 0 aromatic heterocycles. The van der Waals surface area contributed by atoms with Gasteiger partial charge in [-0.3, -0.25) is 0 Å². The summed E-state index contributed by atoms with van der Waals surface area (Å²) in [5, 5.41) is 18.0. The summed E-state index contributed by atoms with van der Waals surface area (Å²) in [6.45, 7) is 0.617. The topological polar surface area (TPSA) is 47.3 Å². The summed E-state index contributed by atoms with van der Waals surface area (Å²) in [6.07, 6.45) is 0.482. The van der Waals surface area contributed by atoms with Crippen LogP contribution in [-0.4, -0.2) is 18.7 Å². The molecule has 1 aromatic carbocycles. The second kappa shape index (κ2) is 5.59. The zero-order valence-electron chi connectivity index (χ0n) is 8.57. The fraction of sp³-hybridized carbons (Fsp3) is 0.364. The highest BCUT2D eigenvalue weighted by Gasteiger charge is 2.04. The molecule has 0 aliphatic rings. The zero-order valence-corrected chi connectivity index (χ0v) is 9.33. The predicted octanol–water partition coefficient (Wildman–Crippen LogP) is 2.18. The van der Waals surface area contributed by atoms with Gasteiger partial charge in [-0.25, -0.2) is 0 Å². The Kier molecular flexibility index (Phi) is 4.41. The van der Waals surface area contributed by atoms with Crippen molar-refractivity contribution in [2.75, 3.05) is 18.5 Å². The van der Waals surface area contributed by atoms with Gasteiger partial charge >= 0.3 is 0 Å². The smallest absolute Gasteiger partial charge is 0.0696 e. The van der Waals surface area contributed by atoms with Crippen LogP contribution in [0.4, 0.5) is 5.69 Å². The average molecular weight is 225 g/mol. The van der Waals surface area contributed by atoms with Crippen LogP contribution in [0, 0.1) is 11.3 Å². The first-order chi connectivity index (χ1) is 7.19. The van der Waals surface area contributed by atoms with Crippen LogP contribution in [0.3, 0.4) is 0 Å². The molecule has 1 N–H and O–H groups in total. The molecule has 0 spiro atoms. The Morgan fingerprint density at radius 3 is 2.80 bits per heavy atom. The second-order valence-electron chi connectivity index (χ2n) is 3.26. The lowest BCUT2D eigenvalue weighted by atomic mass is 10.2. The van der Waals surface area contributed by atoms with E-state index in [0.29, 0.717) is 23.6 Å². The molecule has 0 atom stereocenters. The summed E-state index contributed by atoms with van der Waals surface area (Å²) >= 11 is 5.96. The molecule has 3 nitrogen and oxygen atoms in total. The van der Waals surface area contributed by atoms with E-state index in [9.17, 15) is 0 Å². The molecule has 0 aliphatic heterocycles. The van der Waals surface area contributed by atoms with E-state index in [0.717, 1.165) is 5.69 Å². The van der Waals surface area contributed by atoms with Gasteiger partial charge in [0.05, 0.1) is 19.1 Å². The quantitative estimate of drug-likeness (QED) is 0.853. The summed E-state index contributed by atoms with van der Waals surface area (Å²) in [4.78, 5) is 1.95. The normalized spacial score (nSPS) is 9.73. The molecular formula is C11H13ClN2O. The molecule has 80 valence electrons. The van der Waals surface area contributed by atoms with E-state index in [1.807, 2.05) is 18.0 Å². The molecule has 15 heavy (non-hydrogen) atoms. The number of halogens is 1. The van der Waals surface area contributed by atoms with Gasteiger partial charge in [0.15, 0.2) is 0 Å². The summed E-state index contributed by atoms with van der Waals surface area (Å²) in [6, 6.07) is 7.56. The van der Waals surface area contributed by atoms with Gasteiger partial charge in [-0.1, -0.05) is 17.7 Å². The monoisotopic (exact) mass is 224 g/mol. The van der Waals surface area contributed by atoms with Gasteiger partial charge in [0.1, 0.15) is 0 Å². The van der Waals surface area contributed by atoms with Crippen molar-refractivity contribution in [3.8, 4) is 6.07 Å². The van der Waals surface area contributed by atoms with Crippen molar-refractivity contribution in [2.45, 2.75) is 13.0 Å². The van der Waals surface area contributed by atoms with Crippen molar-refractivity contribution in [3.05, 3.63) is 28.8 Å². The number of hydrogen-bond acceptors (Lipinski definition) is 3. The highest BCUT2D eigenvalue weighted by atomic mass is 35.5. The first-order valence-corrected chi connectivity index (χ1v) is 5.04. The van der Waals surface area contributed by atoms with Crippen molar-refractivity contribution in [1.29, 1.82) is 5.26 Å². The van der Waals surface area contributed by atoms with Crippen LogP contribution >= 0.6 is 11.6 Å². The number of nitriles is 1. The third kappa shape index (κ3) is 3.12. The van der Waals surface area contributed by atoms with Gasteiger partial charge in [-0.05, 0) is 17.7 Å². The van der Waals surface area contributed by atoms with Crippen LogP contribution in [0.1, 0.15) is 12.0 Å². The number of aliphatic hydroxyl groups is 1. The minimum atomic E-state index is -0.0545. The molecule has 0 radical (unpaired) electrons. The zero-order chi connectivity index (χ0) is 11.3. The van der Waals surface area contributed by atoms with Crippen molar-refractivity contribution in [2.24, 2.45) is 0 Å². The van der Waals surface area contributed by atoms with Crippen molar-refractivity contribution < 1.29 is 5.11 Å². The molecule has 0 heterocycles. The lowest BCUT2D eigenvalue weighted by Gasteiger charge is -2.18. The van der Waals surface area contributed by atoms with Crippen LogP contribution in [0.15, 0.2) is 18.2 Å². The SMILES string of the molecule is CN(CCC#N)c1ccc(CO)c(Cl)c1. The molecule has 0 unspecified atom stereocenters. The second-order valence-corrected chi connectivity index (χ2v) is 3.67. The van der Waals surface area contributed by atoms with E-state index >= 15 is 0 Å². The van der Waals surface area contributed by atoms with E-state index in [2.05, 4.69) is 6.07 Å². The van der Waals surface area contributed by atoms with E-state index in [1.54, 1.807) is 12.1 Å². The Morgan fingerprint density at radius 1 is 1.53 bits per heavy atom. The van der Waals surface area contributed by atoms with Crippen LogP contribution in [0.2, 0.25) is 5.02 Å². The Bertz CT molecular complexity index is 373. The molecule has 1 rings (SSSR count). The van der Waals surface area contributed by atoms with E-state index in [-0.39, 0.29) is 6.61 Å². The van der Waals surface area contributed by atoms with Crippen LogP contribution in [0.5, 0.6) is 0 Å². The van der Waals surface area contributed by atoms with Crippen molar-refractivity contribution in [3.63, 3.8) is 0 Å². The van der Waals surface area contributed by atoms with Crippen LogP contribution in [-0.2, 0) is 6.61 Å². The molecule has 0 saturated heterocycles. The largest absolute Gasteiger partial charge is 0.392 e. The maximum Gasteiger partial charge on any atom is 0.0696 e. The molecule has 0 fully saturated rings. The highest BCUT2D eigenvalue weighted by Crippen LogP contribution is 2.23. The third-order valence-corrected chi connectivity index (χ3v) is 2.56. The number of anilines is 1. The Morgan fingerprint density at radius 2 is 2.27 bits per heavy atom. The molecule has 0 saturated carbocycles. The fourth-order valence-corrected chi connectivity index (χ4v) is 1.48. The number of aliphatic hydroxyl groups excluding tert-OH is 1. The van der Waals surface area contributed by atoms with Crippen molar-refractivity contribution in [1.82, 2.24) is 0 Å². The number of hydrogen-bond donors (Lipinski definition) is 1. The van der Waals surface area contributed by atoms with Gasteiger partial charge in [0, 0.05) is 24.3 Å². The molecular weight excluding hydrogens is 212 g/mol. The minimum absolute atomic E-state index is 0.0545. The van der Waals surface area contributed by atoms with Crippen LogP contribution < -0.4 is 4.90 Å². The lowest BCUT2D eigenvalue weighted by Crippen LogP contribution is -2.17. The van der Waals surface area contributed by atoms with Gasteiger partial charge in [0.2, 0.25) is 0 Å². The Labute approximate surface area is 94.5 Å². The van der Waals surface area contributed by atoms with E-state index < -0.39 is 0 Å². The van der Waals surface area contributed by atoms with Gasteiger partial charge in [0.25, 0.3) is 0 Å². The first kappa shape index (κ1) is 11.8. The van der Waals surface area contributed by atoms with E-state index in [1.165, 1.54) is 0 Å². The maximum atomic E-state index is 8.95. The van der Waals surface area contributed by atoms with E-state index in [4.69, 9.17) is 22.0 Å². The molecule has 0 aliphatic carbocycles. The molecule has 0 amide bonds. The summed E-state index contributed by atoms with van der Waals surface area (Å²) in [7, 11) is 1.90. The Hall–Kier alpha value is -1.24. The minimum Gasteiger partial charge on any atom is -0.392 e.